The van der Waals surface area contributed by atoms with E-state index in [2.05, 4.69) is 108 Å². The zero-order valence-corrected chi connectivity index (χ0v) is 24.2. The summed E-state index contributed by atoms with van der Waals surface area (Å²) in [6.45, 7) is 0. The van der Waals surface area contributed by atoms with Gasteiger partial charge >= 0.3 is 0 Å². The van der Waals surface area contributed by atoms with E-state index in [1.54, 1.807) is 0 Å². The summed E-state index contributed by atoms with van der Waals surface area (Å²) in [6, 6.07) is 42.8. The molecule has 0 fully saturated rings. The van der Waals surface area contributed by atoms with Gasteiger partial charge in [-0.2, -0.15) is 10.5 Å². The lowest BCUT2D eigenvalue weighted by Gasteiger charge is -2.25. The molecule has 0 bridgehead atoms. The van der Waals surface area contributed by atoms with E-state index in [4.69, 9.17) is 0 Å². The number of benzene rings is 5. The molecule has 2 aliphatic rings. The van der Waals surface area contributed by atoms with Crippen LogP contribution in [-0.2, 0) is 6.42 Å². The van der Waals surface area contributed by atoms with Crippen molar-refractivity contribution in [3.05, 3.63) is 161 Å². The molecule has 0 saturated heterocycles. The van der Waals surface area contributed by atoms with E-state index >= 15 is 0 Å². The summed E-state index contributed by atoms with van der Waals surface area (Å²) >= 11 is 0. The summed E-state index contributed by atoms with van der Waals surface area (Å²) in [4.78, 5) is 0. The van der Waals surface area contributed by atoms with Crippen LogP contribution in [0.1, 0.15) is 46.1 Å². The number of hydrogen-bond donors (Lipinski definition) is 0. The molecule has 3 nitrogen and oxygen atoms in total. The van der Waals surface area contributed by atoms with Crippen molar-refractivity contribution >= 4 is 21.8 Å². The topological polar surface area (TPSA) is 52.5 Å². The molecular formula is C41H29N3. The van der Waals surface area contributed by atoms with Crippen molar-refractivity contribution < 1.29 is 0 Å². The predicted octanol–water partition coefficient (Wildman–Crippen LogP) is 9.75. The number of nitrogens with zero attached hydrogens (tertiary/aromatic N) is 3. The van der Waals surface area contributed by atoms with E-state index in [0.717, 1.165) is 51.5 Å². The molecule has 3 unspecified atom stereocenters. The van der Waals surface area contributed by atoms with Crippen molar-refractivity contribution in [1.82, 2.24) is 4.57 Å². The molecule has 2 aliphatic carbocycles. The van der Waals surface area contributed by atoms with Gasteiger partial charge in [-0.15, -0.1) is 0 Å². The van der Waals surface area contributed by atoms with Gasteiger partial charge in [-0.05, 0) is 95.0 Å². The van der Waals surface area contributed by atoms with Crippen LogP contribution in [0.4, 0.5) is 0 Å². The number of rotatable bonds is 3. The van der Waals surface area contributed by atoms with E-state index in [0.29, 0.717) is 28.9 Å². The van der Waals surface area contributed by atoms with E-state index in [1.807, 2.05) is 42.5 Å². The highest BCUT2D eigenvalue weighted by molar-refractivity contribution is 6.09. The molecule has 0 aliphatic heterocycles. The lowest BCUT2D eigenvalue weighted by molar-refractivity contribution is 0.488. The van der Waals surface area contributed by atoms with Crippen LogP contribution in [0.5, 0.6) is 0 Å². The fourth-order valence-corrected chi connectivity index (χ4v) is 7.45. The normalized spacial score (nSPS) is 18.7. The van der Waals surface area contributed by atoms with Gasteiger partial charge < -0.3 is 4.57 Å². The average molecular weight is 564 g/mol. The summed E-state index contributed by atoms with van der Waals surface area (Å²) in [7, 11) is 0. The van der Waals surface area contributed by atoms with Crippen molar-refractivity contribution in [2.24, 2.45) is 5.92 Å². The smallest absolute Gasteiger partial charge is 0.0992 e. The Morgan fingerprint density at radius 1 is 0.636 bits per heavy atom. The van der Waals surface area contributed by atoms with Gasteiger partial charge in [0.2, 0.25) is 0 Å². The van der Waals surface area contributed by atoms with Crippen LogP contribution in [0.25, 0.3) is 38.6 Å². The molecule has 0 saturated carbocycles. The van der Waals surface area contributed by atoms with Gasteiger partial charge in [-0.3, -0.25) is 0 Å². The monoisotopic (exact) mass is 563 g/mol. The van der Waals surface area contributed by atoms with Gasteiger partial charge in [-0.1, -0.05) is 91.0 Å². The SMILES string of the molecule is N#Cc1cc(-c2cccc(C3Cc4ccccc4C4C=CC=CC4C3)c2)cc(-n2c3ccccc3c3cc(C#N)ccc32)c1. The fourth-order valence-electron chi connectivity index (χ4n) is 7.45. The minimum absolute atomic E-state index is 0.396. The van der Waals surface area contributed by atoms with Crippen LogP contribution in [0.15, 0.2) is 133 Å². The number of allylic oxidation sites excluding steroid dienone is 4. The molecular weight excluding hydrogens is 534 g/mol. The Kier molecular flexibility index (Phi) is 6.25. The van der Waals surface area contributed by atoms with Gasteiger partial charge in [-0.25, -0.2) is 0 Å². The van der Waals surface area contributed by atoms with E-state index < -0.39 is 0 Å². The number of aromatic nitrogens is 1. The predicted molar refractivity (Wildman–Crippen MR) is 178 cm³/mol. The van der Waals surface area contributed by atoms with E-state index in [-0.39, 0.29) is 0 Å². The Labute approximate surface area is 257 Å². The Morgan fingerprint density at radius 2 is 1.45 bits per heavy atom. The Bertz CT molecular complexity index is 2230. The van der Waals surface area contributed by atoms with Gasteiger partial charge in [0.15, 0.2) is 0 Å². The van der Waals surface area contributed by atoms with Gasteiger partial charge in [0.05, 0.1) is 34.3 Å². The highest BCUT2D eigenvalue weighted by Crippen LogP contribution is 2.44. The second-order valence-corrected chi connectivity index (χ2v) is 12.0. The molecule has 44 heavy (non-hydrogen) atoms. The summed E-state index contributed by atoms with van der Waals surface area (Å²) in [6.07, 6.45) is 11.3. The molecule has 5 aromatic carbocycles. The van der Waals surface area contributed by atoms with Gasteiger partial charge in [0, 0.05) is 22.4 Å². The van der Waals surface area contributed by atoms with Crippen LogP contribution < -0.4 is 0 Å². The zero-order chi connectivity index (χ0) is 29.6. The molecule has 0 radical (unpaired) electrons. The van der Waals surface area contributed by atoms with Crippen LogP contribution >= 0.6 is 0 Å². The molecule has 3 atom stereocenters. The minimum Gasteiger partial charge on any atom is -0.309 e. The number of hydrogen-bond acceptors (Lipinski definition) is 2. The lowest BCUT2D eigenvalue weighted by atomic mass is 9.79. The van der Waals surface area contributed by atoms with Gasteiger partial charge in [0.1, 0.15) is 0 Å². The molecule has 3 heteroatoms. The highest BCUT2D eigenvalue weighted by atomic mass is 15.0. The number of para-hydroxylation sites is 1. The summed E-state index contributed by atoms with van der Waals surface area (Å²) in [5.41, 5.74) is 10.6. The number of nitriles is 2. The molecule has 6 aromatic rings. The largest absolute Gasteiger partial charge is 0.309 e. The first-order valence-electron chi connectivity index (χ1n) is 15.2. The molecule has 1 aromatic heterocycles. The maximum Gasteiger partial charge on any atom is 0.0992 e. The number of fused-ring (bicyclic) bond motifs is 6. The molecule has 0 amide bonds. The third-order valence-corrected chi connectivity index (χ3v) is 9.48. The van der Waals surface area contributed by atoms with Crippen molar-refractivity contribution in [3.8, 4) is 29.0 Å². The fraction of sp³-hybridized carbons (Fsp3) is 0.122. The Hall–Kier alpha value is -5.64. The maximum atomic E-state index is 10.1. The quantitative estimate of drug-likeness (QED) is 0.215. The van der Waals surface area contributed by atoms with Gasteiger partial charge in [0.25, 0.3) is 0 Å². The lowest BCUT2D eigenvalue weighted by Crippen LogP contribution is -2.12. The molecule has 1 heterocycles. The van der Waals surface area contributed by atoms with Crippen LogP contribution in [0, 0.1) is 28.6 Å². The summed E-state index contributed by atoms with van der Waals surface area (Å²) in [5, 5.41) is 21.8. The first-order valence-corrected chi connectivity index (χ1v) is 15.2. The summed E-state index contributed by atoms with van der Waals surface area (Å²) in [5.74, 6) is 1.30. The Balaban J connectivity index is 1.24. The molecule has 0 N–H and O–H groups in total. The molecule has 208 valence electrons. The first-order chi connectivity index (χ1) is 21.7. The second kappa shape index (κ2) is 10.6. The van der Waals surface area contributed by atoms with E-state index in [1.165, 1.54) is 16.7 Å². The maximum absolute atomic E-state index is 10.1. The Morgan fingerprint density at radius 3 is 2.36 bits per heavy atom. The first kappa shape index (κ1) is 26.0. The standard InChI is InChI=1S/C41H29N3/c42-25-27-16-17-41-39(20-27)38-14-5-6-15-40(38)44(41)35-19-28(26-43)18-33(24-35)29-10-7-11-30(21-29)34-22-31-8-1-3-12-36(31)37-13-4-2-9-32(37)23-34/h1-21,24,31,34,36H,22-23H2. The van der Waals surface area contributed by atoms with Crippen molar-refractivity contribution in [2.45, 2.75) is 24.7 Å². The molecule has 0 spiro atoms. The van der Waals surface area contributed by atoms with Crippen molar-refractivity contribution in [2.75, 3.05) is 0 Å². The van der Waals surface area contributed by atoms with E-state index in [9.17, 15) is 10.5 Å². The van der Waals surface area contributed by atoms with Crippen LogP contribution in [0.2, 0.25) is 0 Å². The second-order valence-electron chi connectivity index (χ2n) is 12.0. The third kappa shape index (κ3) is 4.34. The van der Waals surface area contributed by atoms with Crippen molar-refractivity contribution in [1.29, 1.82) is 10.5 Å². The zero-order valence-electron chi connectivity index (χ0n) is 24.2. The molecule has 8 rings (SSSR count). The average Bonchev–Trinajstić information content (AvgIpc) is 3.31. The van der Waals surface area contributed by atoms with Crippen LogP contribution in [0.3, 0.4) is 0 Å². The summed E-state index contributed by atoms with van der Waals surface area (Å²) < 4.78 is 2.21. The van der Waals surface area contributed by atoms with Crippen molar-refractivity contribution in [3.63, 3.8) is 0 Å². The van der Waals surface area contributed by atoms with Crippen LogP contribution in [-0.4, -0.2) is 4.57 Å². The minimum atomic E-state index is 0.396. The highest BCUT2D eigenvalue weighted by Gasteiger charge is 2.30. The third-order valence-electron chi connectivity index (χ3n) is 9.48.